The van der Waals surface area contributed by atoms with Crippen molar-refractivity contribution < 1.29 is 4.79 Å². The number of nitrogens with one attached hydrogen (secondary N) is 1. The van der Waals surface area contributed by atoms with Crippen LogP contribution >= 0.6 is 0 Å². The van der Waals surface area contributed by atoms with Crippen LogP contribution < -0.4 is 5.32 Å². The lowest BCUT2D eigenvalue weighted by Crippen LogP contribution is -2.42. The summed E-state index contributed by atoms with van der Waals surface area (Å²) in [4.78, 5) is 14.7. The Balaban J connectivity index is 2.13. The first kappa shape index (κ1) is 14.9. The van der Waals surface area contributed by atoms with E-state index in [-0.39, 0.29) is 5.91 Å². The first-order valence-electron chi connectivity index (χ1n) is 7.66. The van der Waals surface area contributed by atoms with Crippen molar-refractivity contribution >= 4 is 11.6 Å². The highest BCUT2D eigenvalue weighted by Crippen LogP contribution is 2.25. The molecule has 2 unspecified atom stereocenters. The molecule has 0 saturated carbocycles. The highest BCUT2D eigenvalue weighted by atomic mass is 16.2. The molecule has 110 valence electrons. The zero-order valence-corrected chi connectivity index (χ0v) is 13.1. The van der Waals surface area contributed by atoms with Gasteiger partial charge in [-0.1, -0.05) is 13.8 Å². The number of amides is 1. The summed E-state index contributed by atoms with van der Waals surface area (Å²) in [6.07, 6.45) is 1.11. The molecule has 2 atom stereocenters. The van der Waals surface area contributed by atoms with Crippen molar-refractivity contribution in [1.29, 1.82) is 0 Å². The first-order chi connectivity index (χ1) is 9.52. The number of rotatable bonds is 3. The van der Waals surface area contributed by atoms with Crippen molar-refractivity contribution in [2.24, 2.45) is 11.8 Å². The van der Waals surface area contributed by atoms with Gasteiger partial charge >= 0.3 is 0 Å². The fourth-order valence-corrected chi connectivity index (χ4v) is 2.84. The van der Waals surface area contributed by atoms with Crippen LogP contribution in [0.4, 0.5) is 5.69 Å². The van der Waals surface area contributed by atoms with Gasteiger partial charge in [0.2, 0.25) is 0 Å². The van der Waals surface area contributed by atoms with Gasteiger partial charge in [-0.3, -0.25) is 4.79 Å². The summed E-state index contributed by atoms with van der Waals surface area (Å²) in [5.74, 6) is 1.50. The van der Waals surface area contributed by atoms with E-state index in [1.807, 2.05) is 24.0 Å². The molecule has 0 spiro atoms. The molecule has 0 bridgehead atoms. The van der Waals surface area contributed by atoms with Gasteiger partial charge in [0.05, 0.1) is 0 Å². The molecule has 1 heterocycles. The van der Waals surface area contributed by atoms with Gasteiger partial charge in [-0.2, -0.15) is 0 Å². The maximum absolute atomic E-state index is 12.6. The van der Waals surface area contributed by atoms with E-state index in [0.29, 0.717) is 5.92 Å². The Labute approximate surface area is 122 Å². The van der Waals surface area contributed by atoms with Crippen molar-refractivity contribution in [3.05, 3.63) is 29.3 Å². The number of benzene rings is 1. The summed E-state index contributed by atoms with van der Waals surface area (Å²) in [6.45, 7) is 11.3. The summed E-state index contributed by atoms with van der Waals surface area (Å²) in [6, 6.07) is 6.02. The average Bonchev–Trinajstić information content (AvgIpc) is 2.42. The smallest absolute Gasteiger partial charge is 0.254 e. The number of carbonyl (C=O) groups is 1. The second-order valence-corrected chi connectivity index (χ2v) is 6.05. The molecule has 1 aromatic carbocycles. The van der Waals surface area contributed by atoms with Gasteiger partial charge < -0.3 is 10.2 Å². The van der Waals surface area contributed by atoms with E-state index in [0.717, 1.165) is 48.8 Å². The van der Waals surface area contributed by atoms with Crippen molar-refractivity contribution in [1.82, 2.24) is 4.90 Å². The maximum atomic E-state index is 12.6. The Morgan fingerprint density at radius 3 is 2.70 bits per heavy atom. The molecule has 20 heavy (non-hydrogen) atoms. The Morgan fingerprint density at radius 2 is 2.10 bits per heavy atom. The van der Waals surface area contributed by atoms with E-state index in [2.05, 4.69) is 32.2 Å². The average molecular weight is 274 g/mol. The van der Waals surface area contributed by atoms with Gasteiger partial charge in [0.15, 0.2) is 0 Å². The van der Waals surface area contributed by atoms with Crippen molar-refractivity contribution in [3.8, 4) is 0 Å². The Kier molecular flexibility index (Phi) is 4.69. The number of likely N-dealkylation sites (tertiary alicyclic amines) is 1. The summed E-state index contributed by atoms with van der Waals surface area (Å²) < 4.78 is 0. The molecular formula is C17H26N2O. The lowest BCUT2D eigenvalue weighted by atomic mass is 9.88. The highest BCUT2D eigenvalue weighted by Gasteiger charge is 2.27. The zero-order chi connectivity index (χ0) is 14.7. The number of hydrogen-bond acceptors (Lipinski definition) is 2. The number of piperidine rings is 1. The third-order valence-corrected chi connectivity index (χ3v) is 4.46. The largest absolute Gasteiger partial charge is 0.385 e. The van der Waals surface area contributed by atoms with Crippen LogP contribution in [0.5, 0.6) is 0 Å². The summed E-state index contributed by atoms with van der Waals surface area (Å²) in [5.41, 5.74) is 2.98. The summed E-state index contributed by atoms with van der Waals surface area (Å²) in [7, 11) is 0. The van der Waals surface area contributed by atoms with Crippen LogP contribution in [0.25, 0.3) is 0 Å². The van der Waals surface area contributed by atoms with Crippen molar-refractivity contribution in [2.45, 2.75) is 34.1 Å². The number of aryl methyl sites for hydroxylation is 1. The molecule has 1 saturated heterocycles. The summed E-state index contributed by atoms with van der Waals surface area (Å²) in [5, 5.41) is 3.28. The molecular weight excluding hydrogens is 248 g/mol. The molecule has 1 amide bonds. The molecule has 0 aliphatic carbocycles. The van der Waals surface area contributed by atoms with E-state index in [9.17, 15) is 4.79 Å². The minimum Gasteiger partial charge on any atom is -0.385 e. The third-order valence-electron chi connectivity index (χ3n) is 4.46. The predicted octanol–water partition coefficient (Wildman–Crippen LogP) is 3.54. The standard InChI is InChI=1S/C17H26N2O/c1-5-18-15-6-7-16(13(3)10-15)17(20)19-9-8-12(2)14(4)11-19/h6-7,10,12,14,18H,5,8-9,11H2,1-4H3. The van der Waals surface area contributed by atoms with Crippen LogP contribution in [0.1, 0.15) is 43.1 Å². The van der Waals surface area contributed by atoms with E-state index >= 15 is 0 Å². The SMILES string of the molecule is CCNc1ccc(C(=O)N2CCC(C)C(C)C2)c(C)c1. The fraction of sp³-hybridized carbons (Fsp3) is 0.588. The van der Waals surface area contributed by atoms with Crippen LogP contribution in [0.15, 0.2) is 18.2 Å². The van der Waals surface area contributed by atoms with E-state index in [4.69, 9.17) is 0 Å². The number of nitrogens with zero attached hydrogens (tertiary/aromatic N) is 1. The summed E-state index contributed by atoms with van der Waals surface area (Å²) >= 11 is 0. The first-order valence-corrected chi connectivity index (χ1v) is 7.66. The van der Waals surface area contributed by atoms with Gasteiger partial charge in [-0.15, -0.1) is 0 Å². The zero-order valence-electron chi connectivity index (χ0n) is 13.1. The molecule has 0 aromatic heterocycles. The van der Waals surface area contributed by atoms with E-state index in [1.165, 1.54) is 0 Å². The van der Waals surface area contributed by atoms with Gasteiger partial charge in [-0.05, 0) is 55.9 Å². The number of carbonyl (C=O) groups excluding carboxylic acids is 1. The lowest BCUT2D eigenvalue weighted by molar-refractivity contribution is 0.0627. The van der Waals surface area contributed by atoms with Crippen molar-refractivity contribution in [2.75, 3.05) is 25.0 Å². The third kappa shape index (κ3) is 3.14. The molecule has 1 fully saturated rings. The molecule has 1 N–H and O–H groups in total. The number of hydrogen-bond donors (Lipinski definition) is 1. The maximum Gasteiger partial charge on any atom is 0.254 e. The molecule has 3 nitrogen and oxygen atoms in total. The van der Waals surface area contributed by atoms with Gasteiger partial charge in [0.25, 0.3) is 5.91 Å². The molecule has 3 heteroatoms. The normalized spacial score (nSPS) is 22.7. The van der Waals surface area contributed by atoms with Crippen LogP contribution in [0.2, 0.25) is 0 Å². The Hall–Kier alpha value is -1.51. The lowest BCUT2D eigenvalue weighted by Gasteiger charge is -2.35. The van der Waals surface area contributed by atoms with E-state index in [1.54, 1.807) is 0 Å². The second-order valence-electron chi connectivity index (χ2n) is 6.05. The molecule has 1 aliphatic heterocycles. The molecule has 0 radical (unpaired) electrons. The minimum atomic E-state index is 0.185. The quantitative estimate of drug-likeness (QED) is 0.914. The van der Waals surface area contributed by atoms with Gasteiger partial charge in [-0.25, -0.2) is 0 Å². The van der Waals surface area contributed by atoms with Gasteiger partial charge in [0, 0.05) is 30.9 Å². The molecule has 1 aliphatic rings. The molecule has 1 aromatic rings. The monoisotopic (exact) mass is 274 g/mol. The fourth-order valence-electron chi connectivity index (χ4n) is 2.84. The van der Waals surface area contributed by atoms with Crippen LogP contribution in [0, 0.1) is 18.8 Å². The predicted molar refractivity (Wildman–Crippen MR) is 84.2 cm³/mol. The topological polar surface area (TPSA) is 32.3 Å². The van der Waals surface area contributed by atoms with Crippen molar-refractivity contribution in [3.63, 3.8) is 0 Å². The Bertz CT molecular complexity index is 484. The van der Waals surface area contributed by atoms with Gasteiger partial charge in [0.1, 0.15) is 0 Å². The molecule has 2 rings (SSSR count). The minimum absolute atomic E-state index is 0.185. The van der Waals surface area contributed by atoms with E-state index < -0.39 is 0 Å². The number of anilines is 1. The Morgan fingerprint density at radius 1 is 1.35 bits per heavy atom. The van der Waals surface area contributed by atoms with Crippen LogP contribution in [-0.2, 0) is 0 Å². The van der Waals surface area contributed by atoms with Crippen LogP contribution in [-0.4, -0.2) is 30.4 Å². The second kappa shape index (κ2) is 6.29. The van der Waals surface area contributed by atoms with Crippen LogP contribution in [0.3, 0.4) is 0 Å². The highest BCUT2D eigenvalue weighted by molar-refractivity contribution is 5.96.